The summed E-state index contributed by atoms with van der Waals surface area (Å²) in [5.41, 5.74) is 0.868. The Morgan fingerprint density at radius 1 is 1.05 bits per heavy atom. The normalized spacial score (nSPS) is 10.8. The molecule has 0 aliphatic rings. The van der Waals surface area contributed by atoms with Gasteiger partial charge in [0, 0.05) is 18.9 Å². The van der Waals surface area contributed by atoms with Crippen LogP contribution in [-0.4, -0.2) is 20.3 Å². The molecule has 0 atom stereocenters. The molecule has 7 nitrogen and oxygen atoms in total. The molecule has 0 radical (unpaired) electrons. The minimum atomic E-state index is 0.247. The number of aryl methyl sites for hydroxylation is 2. The van der Waals surface area contributed by atoms with Crippen LogP contribution in [-0.2, 0) is 13.0 Å². The van der Waals surface area contributed by atoms with Crippen LogP contribution in [0.3, 0.4) is 0 Å². The van der Waals surface area contributed by atoms with Crippen molar-refractivity contribution in [1.29, 1.82) is 0 Å². The summed E-state index contributed by atoms with van der Waals surface area (Å²) in [5.74, 6) is 2.99. The topological polar surface area (TPSA) is 87.1 Å². The molecule has 2 aromatic heterocycles. The molecule has 3 aromatic rings. The van der Waals surface area contributed by atoms with Gasteiger partial charge in [-0.15, -0.1) is 0 Å². The van der Waals surface area contributed by atoms with Crippen molar-refractivity contribution in [1.82, 2.24) is 20.3 Å². The van der Waals surface area contributed by atoms with Crippen LogP contribution in [0.15, 0.2) is 33.3 Å². The van der Waals surface area contributed by atoms with Gasteiger partial charge >= 0.3 is 0 Å². The second-order valence-corrected chi connectivity index (χ2v) is 4.80. The zero-order valence-electron chi connectivity index (χ0n) is 12.4. The Hall–Kier alpha value is -2.70. The van der Waals surface area contributed by atoms with Gasteiger partial charge in [0.25, 0.3) is 5.89 Å². The summed E-state index contributed by atoms with van der Waals surface area (Å²) in [5, 5.41) is 7.75. The number of aromatic nitrogens is 4. The number of hydrogen-bond acceptors (Lipinski definition) is 7. The van der Waals surface area contributed by atoms with Gasteiger partial charge in [0.1, 0.15) is 5.75 Å². The van der Waals surface area contributed by atoms with Gasteiger partial charge in [-0.3, -0.25) is 0 Å². The number of benzene rings is 1. The Bertz CT molecular complexity index is 733. The van der Waals surface area contributed by atoms with Gasteiger partial charge in [0.15, 0.2) is 12.4 Å². The minimum absolute atomic E-state index is 0.247. The molecule has 3 rings (SSSR count). The first kappa shape index (κ1) is 14.2. The first-order valence-electron chi connectivity index (χ1n) is 7.09. The summed E-state index contributed by atoms with van der Waals surface area (Å²) in [6, 6.07) is 7.42. The van der Waals surface area contributed by atoms with Gasteiger partial charge in [0.2, 0.25) is 11.7 Å². The van der Waals surface area contributed by atoms with E-state index in [1.165, 1.54) is 0 Å². The Balaban J connectivity index is 1.61. The van der Waals surface area contributed by atoms with E-state index in [0.717, 1.165) is 18.4 Å². The van der Waals surface area contributed by atoms with E-state index in [0.29, 0.717) is 29.2 Å². The summed E-state index contributed by atoms with van der Waals surface area (Å²) < 4.78 is 15.7. The van der Waals surface area contributed by atoms with E-state index in [4.69, 9.17) is 13.8 Å². The largest absolute Gasteiger partial charge is 0.484 e. The second kappa shape index (κ2) is 6.38. The molecule has 0 unspecified atom stereocenters. The number of rotatable bonds is 6. The van der Waals surface area contributed by atoms with Crippen LogP contribution < -0.4 is 4.74 Å². The maximum atomic E-state index is 5.62. The van der Waals surface area contributed by atoms with Gasteiger partial charge in [-0.25, -0.2) is 0 Å². The molecule has 0 saturated heterocycles. The van der Waals surface area contributed by atoms with E-state index >= 15 is 0 Å². The highest BCUT2D eigenvalue weighted by molar-refractivity contribution is 5.55. The van der Waals surface area contributed by atoms with Gasteiger partial charge < -0.3 is 13.8 Å². The lowest BCUT2D eigenvalue weighted by atomic mass is 10.2. The average molecular weight is 300 g/mol. The average Bonchev–Trinajstić information content (AvgIpc) is 3.15. The maximum Gasteiger partial charge on any atom is 0.264 e. The SMILES string of the molecule is CCCc1noc(COc2ccc(-c3noc(C)n3)cc2)n1. The molecular weight excluding hydrogens is 284 g/mol. The lowest BCUT2D eigenvalue weighted by Crippen LogP contribution is -1.96. The van der Waals surface area contributed by atoms with Crippen LogP contribution in [0.4, 0.5) is 0 Å². The van der Waals surface area contributed by atoms with Crippen molar-refractivity contribution in [3.63, 3.8) is 0 Å². The third-order valence-corrected chi connectivity index (χ3v) is 2.99. The van der Waals surface area contributed by atoms with Crippen molar-refractivity contribution in [2.75, 3.05) is 0 Å². The molecule has 0 N–H and O–H groups in total. The van der Waals surface area contributed by atoms with Gasteiger partial charge in [-0.05, 0) is 30.7 Å². The molecule has 0 spiro atoms. The fraction of sp³-hybridized carbons (Fsp3) is 0.333. The molecule has 0 aliphatic heterocycles. The van der Waals surface area contributed by atoms with Crippen molar-refractivity contribution in [3.8, 4) is 17.1 Å². The van der Waals surface area contributed by atoms with E-state index in [2.05, 4.69) is 27.2 Å². The standard InChI is InChI=1S/C15H16N4O3/c1-3-4-13-17-14(22-18-13)9-20-12-7-5-11(6-8-12)15-16-10(2)21-19-15/h5-8H,3-4,9H2,1-2H3. The van der Waals surface area contributed by atoms with E-state index in [1.807, 2.05) is 24.3 Å². The van der Waals surface area contributed by atoms with Crippen molar-refractivity contribution in [2.45, 2.75) is 33.3 Å². The van der Waals surface area contributed by atoms with Crippen molar-refractivity contribution < 1.29 is 13.8 Å². The quantitative estimate of drug-likeness (QED) is 0.691. The zero-order chi connectivity index (χ0) is 15.4. The molecule has 2 heterocycles. The van der Waals surface area contributed by atoms with E-state index in [9.17, 15) is 0 Å². The van der Waals surface area contributed by atoms with Crippen molar-refractivity contribution in [3.05, 3.63) is 41.9 Å². The number of hydrogen-bond donors (Lipinski definition) is 0. The highest BCUT2D eigenvalue weighted by Crippen LogP contribution is 2.20. The van der Waals surface area contributed by atoms with E-state index < -0.39 is 0 Å². The third-order valence-electron chi connectivity index (χ3n) is 2.99. The summed E-state index contributed by atoms with van der Waals surface area (Å²) >= 11 is 0. The van der Waals surface area contributed by atoms with Crippen LogP contribution in [0, 0.1) is 6.92 Å². The van der Waals surface area contributed by atoms with Crippen LogP contribution in [0.25, 0.3) is 11.4 Å². The zero-order valence-corrected chi connectivity index (χ0v) is 12.4. The summed E-state index contributed by atoms with van der Waals surface area (Å²) in [6.45, 7) is 4.07. The molecule has 1 aromatic carbocycles. The lowest BCUT2D eigenvalue weighted by molar-refractivity contribution is 0.242. The predicted octanol–water partition coefficient (Wildman–Crippen LogP) is 2.96. The maximum absolute atomic E-state index is 5.62. The Kier molecular flexibility index (Phi) is 4.13. The molecule has 0 fully saturated rings. The fourth-order valence-electron chi connectivity index (χ4n) is 1.94. The Labute approximate surface area is 127 Å². The summed E-state index contributed by atoms with van der Waals surface area (Å²) in [6.07, 6.45) is 1.79. The molecular formula is C15H16N4O3. The van der Waals surface area contributed by atoms with Crippen LogP contribution >= 0.6 is 0 Å². The van der Waals surface area contributed by atoms with Gasteiger partial charge in [0.05, 0.1) is 0 Å². The van der Waals surface area contributed by atoms with Gasteiger partial charge in [-0.2, -0.15) is 9.97 Å². The van der Waals surface area contributed by atoms with Gasteiger partial charge in [-0.1, -0.05) is 17.2 Å². The third kappa shape index (κ3) is 3.30. The molecule has 114 valence electrons. The fourth-order valence-corrected chi connectivity index (χ4v) is 1.94. The smallest absolute Gasteiger partial charge is 0.264 e. The summed E-state index contributed by atoms with van der Waals surface area (Å²) in [7, 11) is 0. The molecule has 0 bridgehead atoms. The number of ether oxygens (including phenoxy) is 1. The highest BCUT2D eigenvalue weighted by atomic mass is 16.5. The second-order valence-electron chi connectivity index (χ2n) is 4.80. The molecule has 22 heavy (non-hydrogen) atoms. The van der Waals surface area contributed by atoms with E-state index in [1.54, 1.807) is 6.92 Å². The first-order chi connectivity index (χ1) is 10.7. The summed E-state index contributed by atoms with van der Waals surface area (Å²) in [4.78, 5) is 8.42. The van der Waals surface area contributed by atoms with Crippen LogP contribution in [0.2, 0.25) is 0 Å². The monoisotopic (exact) mass is 300 g/mol. The van der Waals surface area contributed by atoms with Crippen molar-refractivity contribution >= 4 is 0 Å². The minimum Gasteiger partial charge on any atom is -0.484 e. The highest BCUT2D eigenvalue weighted by Gasteiger charge is 2.08. The lowest BCUT2D eigenvalue weighted by Gasteiger charge is -2.03. The number of nitrogens with zero attached hydrogens (tertiary/aromatic N) is 4. The molecule has 0 saturated carbocycles. The molecule has 0 amide bonds. The first-order valence-corrected chi connectivity index (χ1v) is 7.09. The molecule has 0 aliphatic carbocycles. The Morgan fingerprint density at radius 2 is 1.86 bits per heavy atom. The van der Waals surface area contributed by atoms with E-state index in [-0.39, 0.29) is 6.61 Å². The molecule has 7 heteroatoms. The predicted molar refractivity (Wildman–Crippen MR) is 77.1 cm³/mol. The van der Waals surface area contributed by atoms with Crippen LogP contribution in [0.1, 0.15) is 31.0 Å². The Morgan fingerprint density at radius 3 is 2.55 bits per heavy atom. The van der Waals surface area contributed by atoms with Crippen LogP contribution in [0.5, 0.6) is 5.75 Å². The van der Waals surface area contributed by atoms with Crippen molar-refractivity contribution in [2.24, 2.45) is 0 Å².